The molecule has 1 aromatic heterocycles. The lowest BCUT2D eigenvalue weighted by Gasteiger charge is -2.15. The number of H-pyrrole nitrogens is 1. The van der Waals surface area contributed by atoms with Gasteiger partial charge in [0, 0.05) is 30.1 Å². The van der Waals surface area contributed by atoms with Crippen molar-refractivity contribution in [2.45, 2.75) is 25.9 Å². The van der Waals surface area contributed by atoms with E-state index >= 15 is 0 Å². The third kappa shape index (κ3) is 4.22. The SMILES string of the molecule is Cc1ccc(CNC(=O)NC(Cc2c[nH]c3ccccc23)C(=O)O)cc1. The molecule has 0 saturated heterocycles. The highest BCUT2D eigenvalue weighted by Gasteiger charge is 2.21. The molecule has 0 spiro atoms. The largest absolute Gasteiger partial charge is 0.480 e. The summed E-state index contributed by atoms with van der Waals surface area (Å²) in [6.45, 7) is 2.33. The lowest BCUT2D eigenvalue weighted by molar-refractivity contribution is -0.139. The van der Waals surface area contributed by atoms with E-state index in [9.17, 15) is 14.7 Å². The van der Waals surface area contributed by atoms with Crippen LogP contribution in [-0.2, 0) is 17.8 Å². The fourth-order valence-electron chi connectivity index (χ4n) is 2.82. The zero-order valence-corrected chi connectivity index (χ0v) is 14.5. The maximum Gasteiger partial charge on any atom is 0.326 e. The van der Waals surface area contributed by atoms with Gasteiger partial charge in [0.15, 0.2) is 0 Å². The first-order chi connectivity index (χ1) is 12.5. The molecule has 0 aliphatic rings. The molecule has 6 nitrogen and oxygen atoms in total. The number of benzene rings is 2. The minimum Gasteiger partial charge on any atom is -0.480 e. The van der Waals surface area contributed by atoms with Crippen molar-refractivity contribution in [3.05, 3.63) is 71.4 Å². The van der Waals surface area contributed by atoms with Gasteiger partial charge < -0.3 is 20.7 Å². The topological polar surface area (TPSA) is 94.2 Å². The summed E-state index contributed by atoms with van der Waals surface area (Å²) >= 11 is 0. The summed E-state index contributed by atoms with van der Waals surface area (Å²) in [6, 6.07) is 13.9. The first kappa shape index (κ1) is 17.5. The van der Waals surface area contributed by atoms with E-state index in [1.54, 1.807) is 6.20 Å². The van der Waals surface area contributed by atoms with Crippen LogP contribution in [-0.4, -0.2) is 28.1 Å². The van der Waals surface area contributed by atoms with Gasteiger partial charge in [-0.05, 0) is 24.1 Å². The van der Waals surface area contributed by atoms with Crippen LogP contribution < -0.4 is 10.6 Å². The lowest BCUT2D eigenvalue weighted by atomic mass is 10.1. The number of aromatic amines is 1. The smallest absolute Gasteiger partial charge is 0.326 e. The Labute approximate surface area is 151 Å². The Hall–Kier alpha value is -3.28. The Balaban J connectivity index is 1.62. The van der Waals surface area contributed by atoms with Crippen LogP contribution in [0.2, 0.25) is 0 Å². The van der Waals surface area contributed by atoms with Crippen molar-refractivity contribution >= 4 is 22.9 Å². The summed E-state index contributed by atoms with van der Waals surface area (Å²) in [5.74, 6) is -1.07. The second-order valence-electron chi connectivity index (χ2n) is 6.27. The molecule has 0 fully saturated rings. The van der Waals surface area contributed by atoms with Gasteiger partial charge >= 0.3 is 12.0 Å². The highest BCUT2D eigenvalue weighted by Crippen LogP contribution is 2.19. The van der Waals surface area contributed by atoms with Gasteiger partial charge in [0.05, 0.1) is 0 Å². The zero-order chi connectivity index (χ0) is 18.5. The average molecular weight is 351 g/mol. The number of para-hydroxylation sites is 1. The number of carbonyl (C=O) groups excluding carboxylic acids is 1. The number of carboxylic acids is 1. The number of urea groups is 1. The molecule has 0 saturated carbocycles. The first-order valence-corrected chi connectivity index (χ1v) is 8.40. The van der Waals surface area contributed by atoms with Crippen molar-refractivity contribution < 1.29 is 14.7 Å². The van der Waals surface area contributed by atoms with Gasteiger partial charge in [-0.25, -0.2) is 9.59 Å². The van der Waals surface area contributed by atoms with Crippen molar-refractivity contribution in [3.63, 3.8) is 0 Å². The van der Waals surface area contributed by atoms with Crippen LogP contribution in [0.1, 0.15) is 16.7 Å². The van der Waals surface area contributed by atoms with E-state index in [2.05, 4.69) is 15.6 Å². The third-order valence-corrected chi connectivity index (χ3v) is 4.28. The average Bonchev–Trinajstić information content (AvgIpc) is 3.04. The molecular weight excluding hydrogens is 330 g/mol. The minimum absolute atomic E-state index is 0.206. The summed E-state index contributed by atoms with van der Waals surface area (Å²) < 4.78 is 0. The molecule has 1 unspecified atom stereocenters. The first-order valence-electron chi connectivity index (χ1n) is 8.40. The van der Waals surface area contributed by atoms with Gasteiger partial charge in [-0.1, -0.05) is 48.0 Å². The highest BCUT2D eigenvalue weighted by atomic mass is 16.4. The number of hydrogen-bond acceptors (Lipinski definition) is 2. The van der Waals surface area contributed by atoms with E-state index < -0.39 is 18.0 Å². The molecule has 0 radical (unpaired) electrons. The molecule has 3 aromatic rings. The van der Waals surface area contributed by atoms with Gasteiger partial charge in [0.25, 0.3) is 0 Å². The number of carbonyl (C=O) groups is 2. The number of amides is 2. The van der Waals surface area contributed by atoms with E-state index in [4.69, 9.17) is 0 Å². The standard InChI is InChI=1S/C20H21N3O3/c1-13-6-8-14(9-7-13)11-22-20(26)23-18(19(24)25)10-15-12-21-17-5-3-2-4-16(15)17/h2-9,12,18,21H,10-11H2,1H3,(H,24,25)(H2,22,23,26). The van der Waals surface area contributed by atoms with Crippen LogP contribution in [0.5, 0.6) is 0 Å². The van der Waals surface area contributed by atoms with E-state index in [0.717, 1.165) is 27.6 Å². The number of fused-ring (bicyclic) bond motifs is 1. The van der Waals surface area contributed by atoms with Crippen molar-refractivity contribution in [1.82, 2.24) is 15.6 Å². The number of aliphatic carboxylic acids is 1. The van der Waals surface area contributed by atoms with Crippen LogP contribution in [0.25, 0.3) is 10.9 Å². The lowest BCUT2D eigenvalue weighted by Crippen LogP contribution is -2.46. The van der Waals surface area contributed by atoms with Gasteiger partial charge in [-0.2, -0.15) is 0 Å². The Morgan fingerprint density at radius 1 is 1.12 bits per heavy atom. The fraction of sp³-hybridized carbons (Fsp3) is 0.200. The van der Waals surface area contributed by atoms with E-state index in [1.165, 1.54) is 0 Å². The molecule has 2 aromatic carbocycles. The maximum atomic E-state index is 12.1. The number of carboxylic acid groups (broad SMARTS) is 1. The Morgan fingerprint density at radius 2 is 1.85 bits per heavy atom. The van der Waals surface area contributed by atoms with E-state index in [0.29, 0.717) is 6.54 Å². The van der Waals surface area contributed by atoms with Crippen molar-refractivity contribution in [2.24, 2.45) is 0 Å². The Morgan fingerprint density at radius 3 is 2.58 bits per heavy atom. The van der Waals surface area contributed by atoms with Crippen LogP contribution in [0.15, 0.2) is 54.7 Å². The van der Waals surface area contributed by atoms with Crippen LogP contribution in [0, 0.1) is 6.92 Å². The maximum absolute atomic E-state index is 12.1. The summed E-state index contributed by atoms with van der Waals surface area (Å²) in [5.41, 5.74) is 3.89. The predicted octanol–water partition coefficient (Wildman–Crippen LogP) is 2.97. The quantitative estimate of drug-likeness (QED) is 0.550. The molecule has 4 N–H and O–H groups in total. The van der Waals surface area contributed by atoms with Gasteiger partial charge in [-0.3, -0.25) is 0 Å². The molecule has 1 heterocycles. The molecule has 6 heteroatoms. The second-order valence-corrected chi connectivity index (χ2v) is 6.27. The van der Waals surface area contributed by atoms with Crippen LogP contribution >= 0.6 is 0 Å². The monoisotopic (exact) mass is 351 g/mol. The molecule has 0 aliphatic heterocycles. The molecule has 1 atom stereocenters. The second kappa shape index (κ2) is 7.74. The molecule has 2 amide bonds. The van der Waals surface area contributed by atoms with E-state index in [-0.39, 0.29) is 6.42 Å². The minimum atomic E-state index is -1.07. The van der Waals surface area contributed by atoms with Crippen molar-refractivity contribution in [1.29, 1.82) is 0 Å². The van der Waals surface area contributed by atoms with Crippen LogP contribution in [0.3, 0.4) is 0 Å². The summed E-state index contributed by atoms with van der Waals surface area (Å²) in [7, 11) is 0. The summed E-state index contributed by atoms with van der Waals surface area (Å²) in [5, 5.41) is 15.7. The Kier molecular flexibility index (Phi) is 5.22. The van der Waals surface area contributed by atoms with E-state index in [1.807, 2.05) is 55.5 Å². The number of aryl methyl sites for hydroxylation is 1. The molecule has 0 bridgehead atoms. The molecule has 134 valence electrons. The molecule has 0 aliphatic carbocycles. The highest BCUT2D eigenvalue weighted by molar-refractivity contribution is 5.86. The van der Waals surface area contributed by atoms with Gasteiger partial charge in [0.1, 0.15) is 6.04 Å². The Bertz CT molecular complexity index is 915. The molecule has 26 heavy (non-hydrogen) atoms. The molecule has 3 rings (SSSR count). The number of hydrogen-bond donors (Lipinski definition) is 4. The third-order valence-electron chi connectivity index (χ3n) is 4.28. The van der Waals surface area contributed by atoms with Crippen molar-refractivity contribution in [3.8, 4) is 0 Å². The van der Waals surface area contributed by atoms with Gasteiger partial charge in [0.2, 0.25) is 0 Å². The van der Waals surface area contributed by atoms with Crippen molar-refractivity contribution in [2.75, 3.05) is 0 Å². The van der Waals surface area contributed by atoms with Gasteiger partial charge in [-0.15, -0.1) is 0 Å². The summed E-state index contributed by atoms with van der Waals surface area (Å²) in [4.78, 5) is 26.8. The predicted molar refractivity (Wildman–Crippen MR) is 100.0 cm³/mol. The summed E-state index contributed by atoms with van der Waals surface area (Å²) in [6.07, 6.45) is 1.99. The molecular formula is C20H21N3O3. The normalized spacial score (nSPS) is 11.9. The van der Waals surface area contributed by atoms with Crippen LogP contribution in [0.4, 0.5) is 4.79 Å². The number of nitrogens with one attached hydrogen (secondary N) is 3. The number of rotatable bonds is 6. The number of aromatic nitrogens is 1. The zero-order valence-electron chi connectivity index (χ0n) is 14.5. The fourth-order valence-corrected chi connectivity index (χ4v) is 2.82.